The first-order chi connectivity index (χ1) is 10.1. The Kier molecular flexibility index (Phi) is 4.47. The van der Waals surface area contributed by atoms with Gasteiger partial charge in [0, 0.05) is 24.9 Å². The molecular weight excluding hydrogens is 270 g/mol. The largest absolute Gasteiger partial charge is 0.496 e. The van der Waals surface area contributed by atoms with E-state index in [1.807, 2.05) is 26.1 Å². The summed E-state index contributed by atoms with van der Waals surface area (Å²) in [5.41, 5.74) is 1.61. The Hall–Kier alpha value is -2.50. The zero-order chi connectivity index (χ0) is 15.4. The molecule has 0 bridgehead atoms. The highest BCUT2D eigenvalue weighted by molar-refractivity contribution is 5.70. The van der Waals surface area contributed by atoms with Gasteiger partial charge in [0.2, 0.25) is 0 Å². The molecule has 0 atom stereocenters. The molecule has 0 amide bonds. The lowest BCUT2D eigenvalue weighted by molar-refractivity contribution is 0.349. The molecule has 1 heterocycles. The fourth-order valence-corrected chi connectivity index (χ4v) is 2.02. The van der Waals surface area contributed by atoms with E-state index in [9.17, 15) is 0 Å². The molecule has 21 heavy (non-hydrogen) atoms. The molecule has 6 nitrogen and oxygen atoms in total. The zero-order valence-electron chi connectivity index (χ0n) is 12.9. The number of methoxy groups -OCH3 is 3. The number of nitrogens with zero attached hydrogens (tertiary/aromatic N) is 2. The van der Waals surface area contributed by atoms with Crippen LogP contribution in [0.15, 0.2) is 18.2 Å². The molecule has 1 N–H and O–H groups in total. The number of hydrogen-bond acceptors (Lipinski definition) is 6. The number of aryl methyl sites for hydroxylation is 1. The molecule has 0 saturated heterocycles. The van der Waals surface area contributed by atoms with Crippen molar-refractivity contribution in [1.29, 1.82) is 0 Å². The number of hydrogen-bond donors (Lipinski definition) is 1. The summed E-state index contributed by atoms with van der Waals surface area (Å²) in [6.07, 6.45) is 0. The van der Waals surface area contributed by atoms with Crippen LogP contribution in [0.2, 0.25) is 0 Å². The molecule has 0 aliphatic carbocycles. The summed E-state index contributed by atoms with van der Waals surface area (Å²) < 4.78 is 16.0. The van der Waals surface area contributed by atoms with Crippen molar-refractivity contribution in [3.05, 3.63) is 23.9 Å². The van der Waals surface area contributed by atoms with E-state index in [1.54, 1.807) is 27.4 Å². The van der Waals surface area contributed by atoms with Crippen molar-refractivity contribution in [1.82, 2.24) is 9.97 Å². The Bertz CT molecular complexity index is 644. The van der Waals surface area contributed by atoms with Crippen molar-refractivity contribution < 1.29 is 14.2 Å². The van der Waals surface area contributed by atoms with E-state index in [0.717, 1.165) is 17.1 Å². The van der Waals surface area contributed by atoms with Crippen molar-refractivity contribution >= 4 is 5.82 Å². The monoisotopic (exact) mass is 289 g/mol. The molecule has 0 fully saturated rings. The summed E-state index contributed by atoms with van der Waals surface area (Å²) in [7, 11) is 6.58. The Morgan fingerprint density at radius 1 is 0.857 bits per heavy atom. The van der Waals surface area contributed by atoms with Crippen molar-refractivity contribution in [2.75, 3.05) is 33.7 Å². The molecule has 112 valence electrons. The van der Waals surface area contributed by atoms with Gasteiger partial charge >= 0.3 is 0 Å². The lowest BCUT2D eigenvalue weighted by Gasteiger charge is -2.14. The van der Waals surface area contributed by atoms with Crippen LogP contribution in [0.1, 0.15) is 5.69 Å². The third-order valence-electron chi connectivity index (χ3n) is 3.06. The number of benzene rings is 1. The molecule has 0 aliphatic rings. The molecule has 2 aromatic rings. The van der Waals surface area contributed by atoms with Gasteiger partial charge in [-0.3, -0.25) is 0 Å². The van der Waals surface area contributed by atoms with Crippen molar-refractivity contribution in [2.24, 2.45) is 0 Å². The lowest BCUT2D eigenvalue weighted by atomic mass is 10.1. The van der Waals surface area contributed by atoms with E-state index in [0.29, 0.717) is 23.1 Å². The molecule has 0 unspecified atom stereocenters. The summed E-state index contributed by atoms with van der Waals surface area (Å²) in [5.74, 6) is 3.14. The van der Waals surface area contributed by atoms with Crippen LogP contribution in [-0.2, 0) is 0 Å². The van der Waals surface area contributed by atoms with Crippen molar-refractivity contribution in [2.45, 2.75) is 6.92 Å². The standard InChI is InChI=1S/C15H19N3O3/c1-9-6-14(16-2)18-15(17-9)10-7-12(20-4)13(21-5)8-11(10)19-3/h6-8H,1-5H3,(H,16,17,18). The molecule has 1 aromatic carbocycles. The van der Waals surface area contributed by atoms with Gasteiger partial charge in [-0.2, -0.15) is 0 Å². The molecule has 0 spiro atoms. The highest BCUT2D eigenvalue weighted by Crippen LogP contribution is 2.39. The first kappa shape index (κ1) is 14.9. The second-order valence-corrected chi connectivity index (χ2v) is 4.38. The first-order valence-corrected chi connectivity index (χ1v) is 6.46. The van der Waals surface area contributed by atoms with Gasteiger partial charge in [-0.1, -0.05) is 0 Å². The Morgan fingerprint density at radius 2 is 1.48 bits per heavy atom. The predicted octanol–water partition coefficient (Wildman–Crippen LogP) is 2.52. The van der Waals surface area contributed by atoms with Gasteiger partial charge in [-0.15, -0.1) is 0 Å². The van der Waals surface area contributed by atoms with Crippen molar-refractivity contribution in [3.8, 4) is 28.6 Å². The molecule has 1 aromatic heterocycles. The molecular formula is C15H19N3O3. The quantitative estimate of drug-likeness (QED) is 0.912. The predicted molar refractivity (Wildman–Crippen MR) is 81.4 cm³/mol. The SMILES string of the molecule is CNc1cc(C)nc(-c2cc(OC)c(OC)cc2OC)n1. The van der Waals surface area contributed by atoms with E-state index < -0.39 is 0 Å². The summed E-state index contributed by atoms with van der Waals surface area (Å²) >= 11 is 0. The molecule has 6 heteroatoms. The number of rotatable bonds is 5. The van der Waals surface area contributed by atoms with Gasteiger partial charge in [0.25, 0.3) is 0 Å². The van der Waals surface area contributed by atoms with Gasteiger partial charge in [0.1, 0.15) is 11.6 Å². The Morgan fingerprint density at radius 3 is 2.05 bits per heavy atom. The number of ether oxygens (including phenoxy) is 3. The summed E-state index contributed by atoms with van der Waals surface area (Å²) in [6, 6.07) is 5.45. The maximum absolute atomic E-state index is 5.42. The van der Waals surface area contributed by atoms with Crippen LogP contribution in [0.5, 0.6) is 17.2 Å². The molecule has 0 saturated carbocycles. The van der Waals surface area contributed by atoms with E-state index in [4.69, 9.17) is 14.2 Å². The number of nitrogens with one attached hydrogen (secondary N) is 1. The summed E-state index contributed by atoms with van der Waals surface area (Å²) in [4.78, 5) is 8.93. The third kappa shape index (κ3) is 2.99. The van der Waals surface area contributed by atoms with E-state index in [2.05, 4.69) is 15.3 Å². The topological polar surface area (TPSA) is 65.5 Å². The van der Waals surface area contributed by atoms with Crippen LogP contribution in [0.3, 0.4) is 0 Å². The average Bonchev–Trinajstić information content (AvgIpc) is 2.52. The molecule has 2 rings (SSSR count). The normalized spacial score (nSPS) is 10.1. The minimum atomic E-state index is 0.567. The maximum atomic E-state index is 5.42. The van der Waals surface area contributed by atoms with Gasteiger partial charge in [0.05, 0.1) is 26.9 Å². The fourth-order valence-electron chi connectivity index (χ4n) is 2.02. The van der Waals surface area contributed by atoms with Crippen molar-refractivity contribution in [3.63, 3.8) is 0 Å². The highest BCUT2D eigenvalue weighted by atomic mass is 16.5. The second kappa shape index (κ2) is 6.30. The van der Waals surface area contributed by atoms with Crippen LogP contribution in [0.4, 0.5) is 5.82 Å². The van der Waals surface area contributed by atoms with Gasteiger partial charge < -0.3 is 19.5 Å². The Balaban J connectivity index is 2.64. The van der Waals surface area contributed by atoms with Crippen LogP contribution in [0.25, 0.3) is 11.4 Å². The number of aromatic nitrogens is 2. The van der Waals surface area contributed by atoms with Gasteiger partial charge in [-0.05, 0) is 13.0 Å². The third-order valence-corrected chi connectivity index (χ3v) is 3.06. The van der Waals surface area contributed by atoms with Crippen LogP contribution in [0, 0.1) is 6.92 Å². The Labute approximate surface area is 124 Å². The second-order valence-electron chi connectivity index (χ2n) is 4.38. The van der Waals surface area contributed by atoms with E-state index in [1.165, 1.54) is 0 Å². The number of anilines is 1. The smallest absolute Gasteiger partial charge is 0.165 e. The first-order valence-electron chi connectivity index (χ1n) is 6.46. The molecule has 0 aliphatic heterocycles. The zero-order valence-corrected chi connectivity index (χ0v) is 12.9. The summed E-state index contributed by atoms with van der Waals surface area (Å²) in [5, 5.41) is 3.02. The average molecular weight is 289 g/mol. The van der Waals surface area contributed by atoms with E-state index in [-0.39, 0.29) is 0 Å². The lowest BCUT2D eigenvalue weighted by Crippen LogP contribution is -2.01. The highest BCUT2D eigenvalue weighted by Gasteiger charge is 2.16. The fraction of sp³-hybridized carbons (Fsp3) is 0.333. The summed E-state index contributed by atoms with van der Waals surface area (Å²) in [6.45, 7) is 1.92. The van der Waals surface area contributed by atoms with Crippen LogP contribution >= 0.6 is 0 Å². The minimum Gasteiger partial charge on any atom is -0.496 e. The van der Waals surface area contributed by atoms with Gasteiger partial charge in [0.15, 0.2) is 17.3 Å². The van der Waals surface area contributed by atoms with E-state index >= 15 is 0 Å². The van der Waals surface area contributed by atoms with Gasteiger partial charge in [-0.25, -0.2) is 9.97 Å². The maximum Gasteiger partial charge on any atom is 0.165 e. The van der Waals surface area contributed by atoms with Crippen LogP contribution < -0.4 is 19.5 Å². The molecule has 0 radical (unpaired) electrons. The minimum absolute atomic E-state index is 0.567. The van der Waals surface area contributed by atoms with Crippen LogP contribution in [-0.4, -0.2) is 38.3 Å².